The number of nitrogens with one attached hydrogen (secondary N) is 1. The van der Waals surface area contributed by atoms with Gasteiger partial charge in [0.25, 0.3) is 0 Å². The summed E-state index contributed by atoms with van der Waals surface area (Å²) in [6.45, 7) is 4.47. The molecule has 0 aliphatic carbocycles. The highest BCUT2D eigenvalue weighted by Crippen LogP contribution is 2.31. The summed E-state index contributed by atoms with van der Waals surface area (Å²) in [5, 5.41) is 3.42. The summed E-state index contributed by atoms with van der Waals surface area (Å²) in [4.78, 5) is 14.0. The number of amides is 1. The number of primary amides is 1. The fourth-order valence-electron chi connectivity index (χ4n) is 3.50. The van der Waals surface area contributed by atoms with E-state index in [0.29, 0.717) is 5.56 Å². The van der Waals surface area contributed by atoms with Gasteiger partial charge in [0.2, 0.25) is 5.91 Å². The molecular formula is C16H23N3O. The second-order valence-electron chi connectivity index (χ2n) is 5.91. The zero-order chi connectivity index (χ0) is 13.9. The van der Waals surface area contributed by atoms with Crippen LogP contribution in [0.4, 0.5) is 5.69 Å². The van der Waals surface area contributed by atoms with Crippen molar-refractivity contribution in [3.63, 3.8) is 0 Å². The minimum Gasteiger partial charge on any atom is -0.371 e. The lowest BCUT2D eigenvalue weighted by molar-refractivity contribution is 0.0999. The van der Waals surface area contributed by atoms with Crippen molar-refractivity contribution in [1.29, 1.82) is 0 Å². The third-order valence-electron chi connectivity index (χ3n) is 4.55. The Bertz CT molecular complexity index is 494. The molecule has 2 aliphatic rings. The molecule has 2 aliphatic heterocycles. The van der Waals surface area contributed by atoms with Crippen LogP contribution in [0.15, 0.2) is 18.2 Å². The lowest BCUT2D eigenvalue weighted by Gasteiger charge is -2.36. The van der Waals surface area contributed by atoms with E-state index in [-0.39, 0.29) is 5.91 Å². The van der Waals surface area contributed by atoms with Crippen LogP contribution in [0.25, 0.3) is 0 Å². The number of hydrogen-bond acceptors (Lipinski definition) is 3. The van der Waals surface area contributed by atoms with Crippen molar-refractivity contribution < 1.29 is 4.79 Å². The highest BCUT2D eigenvalue weighted by Gasteiger charge is 2.24. The first-order valence-electron chi connectivity index (χ1n) is 7.63. The van der Waals surface area contributed by atoms with Crippen molar-refractivity contribution >= 4 is 11.6 Å². The van der Waals surface area contributed by atoms with Crippen molar-refractivity contribution in [3.8, 4) is 0 Å². The summed E-state index contributed by atoms with van der Waals surface area (Å²) in [6.07, 6.45) is 4.59. The number of fused-ring (bicyclic) bond motifs is 1. The molecule has 2 heterocycles. The lowest BCUT2D eigenvalue weighted by atomic mass is 9.92. The van der Waals surface area contributed by atoms with E-state index in [1.54, 1.807) is 0 Å². The molecule has 1 aromatic rings. The van der Waals surface area contributed by atoms with Gasteiger partial charge in [0.15, 0.2) is 0 Å². The van der Waals surface area contributed by atoms with E-state index in [0.717, 1.165) is 50.5 Å². The molecule has 0 radical (unpaired) electrons. The van der Waals surface area contributed by atoms with Crippen LogP contribution >= 0.6 is 0 Å². The van der Waals surface area contributed by atoms with E-state index in [4.69, 9.17) is 5.73 Å². The summed E-state index contributed by atoms with van der Waals surface area (Å²) in [5.74, 6) is 0.463. The van der Waals surface area contributed by atoms with Crippen LogP contribution in [-0.2, 0) is 6.42 Å². The number of benzene rings is 1. The fraction of sp³-hybridized carbons (Fsp3) is 0.562. The smallest absolute Gasteiger partial charge is 0.249 e. The third kappa shape index (κ3) is 2.66. The number of hydrogen-bond donors (Lipinski definition) is 2. The number of piperidine rings is 1. The Balaban J connectivity index is 1.82. The highest BCUT2D eigenvalue weighted by atomic mass is 16.1. The molecule has 1 saturated heterocycles. The molecule has 3 N–H and O–H groups in total. The minimum atomic E-state index is -0.300. The monoisotopic (exact) mass is 273 g/mol. The average molecular weight is 273 g/mol. The van der Waals surface area contributed by atoms with E-state index in [1.165, 1.54) is 18.5 Å². The van der Waals surface area contributed by atoms with Gasteiger partial charge in [-0.1, -0.05) is 6.07 Å². The van der Waals surface area contributed by atoms with Crippen LogP contribution in [0.2, 0.25) is 0 Å². The molecule has 4 nitrogen and oxygen atoms in total. The van der Waals surface area contributed by atoms with E-state index in [2.05, 4.69) is 16.3 Å². The predicted octanol–water partition coefficient (Wildman–Crippen LogP) is 1.54. The number of nitrogens with two attached hydrogens (primary N) is 1. The Morgan fingerprint density at radius 3 is 2.90 bits per heavy atom. The van der Waals surface area contributed by atoms with Gasteiger partial charge in [-0.15, -0.1) is 0 Å². The van der Waals surface area contributed by atoms with Gasteiger partial charge in [-0.2, -0.15) is 0 Å². The van der Waals surface area contributed by atoms with Crippen molar-refractivity contribution in [1.82, 2.24) is 5.32 Å². The maximum absolute atomic E-state index is 11.6. The second-order valence-corrected chi connectivity index (χ2v) is 5.91. The summed E-state index contributed by atoms with van der Waals surface area (Å²) in [6, 6.07) is 5.96. The minimum absolute atomic E-state index is 0.300. The molecular weight excluding hydrogens is 250 g/mol. The third-order valence-corrected chi connectivity index (χ3v) is 4.55. The van der Waals surface area contributed by atoms with Gasteiger partial charge >= 0.3 is 0 Å². The van der Waals surface area contributed by atoms with Crippen molar-refractivity contribution in [2.45, 2.75) is 25.7 Å². The number of carbonyl (C=O) groups is 1. The number of rotatable bonds is 3. The van der Waals surface area contributed by atoms with Crippen LogP contribution in [0, 0.1) is 5.92 Å². The summed E-state index contributed by atoms with van der Waals surface area (Å²) >= 11 is 0. The highest BCUT2D eigenvalue weighted by molar-refractivity contribution is 5.96. The molecule has 20 heavy (non-hydrogen) atoms. The van der Waals surface area contributed by atoms with E-state index in [9.17, 15) is 4.79 Å². The first-order valence-corrected chi connectivity index (χ1v) is 7.63. The van der Waals surface area contributed by atoms with Crippen LogP contribution in [0.1, 0.15) is 35.2 Å². The maximum Gasteiger partial charge on any atom is 0.249 e. The number of nitrogens with zero attached hydrogens (tertiary/aromatic N) is 1. The largest absolute Gasteiger partial charge is 0.371 e. The number of carbonyl (C=O) groups excluding carboxylic acids is 1. The molecule has 0 unspecified atom stereocenters. The molecule has 0 bridgehead atoms. The van der Waals surface area contributed by atoms with Gasteiger partial charge in [-0.3, -0.25) is 4.79 Å². The molecule has 1 amide bonds. The molecule has 1 fully saturated rings. The average Bonchev–Trinajstić information content (AvgIpc) is 2.48. The Hall–Kier alpha value is -1.55. The zero-order valence-corrected chi connectivity index (χ0v) is 11.9. The van der Waals surface area contributed by atoms with Crippen molar-refractivity contribution in [2.75, 3.05) is 31.1 Å². The first-order chi connectivity index (χ1) is 9.75. The molecule has 0 atom stereocenters. The van der Waals surface area contributed by atoms with Gasteiger partial charge in [-0.05, 0) is 62.4 Å². The Morgan fingerprint density at radius 2 is 2.15 bits per heavy atom. The van der Waals surface area contributed by atoms with Crippen LogP contribution in [0.5, 0.6) is 0 Å². The van der Waals surface area contributed by atoms with Gasteiger partial charge in [0, 0.05) is 24.3 Å². The standard InChI is InChI=1S/C16H23N3O/c17-16(20)14-3-1-5-15-13(14)4-2-10-19(15)11-12-6-8-18-9-7-12/h1,3,5,12,18H,2,4,6-11H2,(H2,17,20). The molecule has 0 spiro atoms. The zero-order valence-electron chi connectivity index (χ0n) is 11.9. The molecule has 108 valence electrons. The molecule has 4 heteroatoms. The number of anilines is 1. The quantitative estimate of drug-likeness (QED) is 0.878. The molecule has 3 rings (SSSR count). The van der Waals surface area contributed by atoms with E-state index in [1.807, 2.05) is 12.1 Å². The summed E-state index contributed by atoms with van der Waals surface area (Å²) in [5.41, 5.74) is 8.59. The van der Waals surface area contributed by atoms with Gasteiger partial charge < -0.3 is 16.0 Å². The van der Waals surface area contributed by atoms with E-state index < -0.39 is 0 Å². The van der Waals surface area contributed by atoms with Crippen molar-refractivity contribution in [3.05, 3.63) is 29.3 Å². The maximum atomic E-state index is 11.6. The SMILES string of the molecule is NC(=O)c1cccc2c1CCCN2CC1CCNCC1. The molecule has 0 saturated carbocycles. The van der Waals surface area contributed by atoms with Crippen LogP contribution < -0.4 is 16.0 Å². The van der Waals surface area contributed by atoms with E-state index >= 15 is 0 Å². The normalized spacial score (nSPS) is 19.7. The van der Waals surface area contributed by atoms with Gasteiger partial charge in [0.05, 0.1) is 0 Å². The summed E-state index contributed by atoms with van der Waals surface area (Å²) < 4.78 is 0. The van der Waals surface area contributed by atoms with Gasteiger partial charge in [0.1, 0.15) is 0 Å². The summed E-state index contributed by atoms with van der Waals surface area (Å²) in [7, 11) is 0. The predicted molar refractivity (Wildman–Crippen MR) is 81.1 cm³/mol. The van der Waals surface area contributed by atoms with Crippen LogP contribution in [0.3, 0.4) is 0 Å². The van der Waals surface area contributed by atoms with Crippen molar-refractivity contribution in [2.24, 2.45) is 11.7 Å². The lowest BCUT2D eigenvalue weighted by Crippen LogP contribution is -2.39. The Kier molecular flexibility index (Phi) is 3.92. The fourth-order valence-corrected chi connectivity index (χ4v) is 3.50. The molecule has 0 aromatic heterocycles. The second kappa shape index (κ2) is 5.83. The van der Waals surface area contributed by atoms with Gasteiger partial charge in [-0.25, -0.2) is 0 Å². The Morgan fingerprint density at radius 1 is 1.35 bits per heavy atom. The Labute approximate surface area is 120 Å². The molecule has 1 aromatic carbocycles. The van der Waals surface area contributed by atoms with Crippen LogP contribution in [-0.4, -0.2) is 32.1 Å². The topological polar surface area (TPSA) is 58.4 Å². The first kappa shape index (κ1) is 13.4.